The highest BCUT2D eigenvalue weighted by molar-refractivity contribution is 5.79. The molecule has 0 atom stereocenters. The first-order valence-corrected chi connectivity index (χ1v) is 6.00. The second-order valence-corrected chi connectivity index (χ2v) is 5.28. The molecule has 96 valence electrons. The predicted octanol–water partition coefficient (Wildman–Crippen LogP) is 0.939. The summed E-state index contributed by atoms with van der Waals surface area (Å²) >= 11 is 0. The van der Waals surface area contributed by atoms with Crippen LogP contribution in [0.3, 0.4) is 0 Å². The van der Waals surface area contributed by atoms with Crippen LogP contribution in [0.2, 0.25) is 0 Å². The number of carbonyl (C=O) groups excluding carboxylic acids is 1. The van der Waals surface area contributed by atoms with Crippen LogP contribution in [-0.2, 0) is 11.2 Å². The van der Waals surface area contributed by atoms with E-state index in [0.29, 0.717) is 11.0 Å². The SMILES string of the molecule is O=C(Cc1ccc(F)c(F)c1)N1CC2(CNC2)C1. The molecule has 1 spiro atoms. The Morgan fingerprint density at radius 3 is 2.56 bits per heavy atom. The zero-order valence-electron chi connectivity index (χ0n) is 9.88. The van der Waals surface area contributed by atoms with Crippen molar-refractivity contribution in [3.05, 3.63) is 35.4 Å². The molecular formula is C13H14F2N2O. The van der Waals surface area contributed by atoms with Crippen molar-refractivity contribution < 1.29 is 13.6 Å². The minimum Gasteiger partial charge on any atom is -0.341 e. The van der Waals surface area contributed by atoms with E-state index in [1.807, 2.05) is 0 Å². The molecule has 2 fully saturated rings. The lowest BCUT2D eigenvalue weighted by Gasteiger charge is -2.56. The summed E-state index contributed by atoms with van der Waals surface area (Å²) in [5.41, 5.74) is 0.815. The summed E-state index contributed by atoms with van der Waals surface area (Å²) in [7, 11) is 0. The molecule has 0 saturated carbocycles. The van der Waals surface area contributed by atoms with Crippen LogP contribution < -0.4 is 5.32 Å². The Bertz CT molecular complexity index is 492. The van der Waals surface area contributed by atoms with Crippen molar-refractivity contribution >= 4 is 5.91 Å². The average molecular weight is 252 g/mol. The Kier molecular flexibility index (Phi) is 2.59. The second-order valence-electron chi connectivity index (χ2n) is 5.28. The summed E-state index contributed by atoms with van der Waals surface area (Å²) in [6.07, 6.45) is 0.140. The number of hydrogen-bond donors (Lipinski definition) is 1. The standard InChI is InChI=1S/C13H14F2N2O/c14-10-2-1-9(3-11(10)15)4-12(18)17-7-13(8-17)5-16-6-13/h1-3,16H,4-8H2. The molecular weight excluding hydrogens is 238 g/mol. The van der Waals surface area contributed by atoms with E-state index in [4.69, 9.17) is 0 Å². The van der Waals surface area contributed by atoms with Gasteiger partial charge in [0.05, 0.1) is 6.42 Å². The van der Waals surface area contributed by atoms with Crippen molar-refractivity contribution in [3.63, 3.8) is 0 Å². The van der Waals surface area contributed by atoms with E-state index in [0.717, 1.165) is 38.3 Å². The van der Waals surface area contributed by atoms with Crippen LogP contribution in [0.5, 0.6) is 0 Å². The molecule has 0 aliphatic carbocycles. The van der Waals surface area contributed by atoms with Crippen LogP contribution in [0, 0.1) is 17.0 Å². The first-order chi connectivity index (χ1) is 8.58. The molecule has 18 heavy (non-hydrogen) atoms. The summed E-state index contributed by atoms with van der Waals surface area (Å²) in [5, 5.41) is 3.20. The van der Waals surface area contributed by atoms with Gasteiger partial charge in [-0.2, -0.15) is 0 Å². The monoisotopic (exact) mass is 252 g/mol. The molecule has 3 rings (SSSR count). The lowest BCUT2D eigenvalue weighted by Crippen LogP contribution is -2.72. The number of amides is 1. The molecule has 1 N–H and O–H groups in total. The van der Waals surface area contributed by atoms with Gasteiger partial charge in [-0.1, -0.05) is 6.07 Å². The Morgan fingerprint density at radius 2 is 2.00 bits per heavy atom. The van der Waals surface area contributed by atoms with Crippen molar-refractivity contribution in [3.8, 4) is 0 Å². The number of halogens is 2. The molecule has 2 heterocycles. The molecule has 0 bridgehead atoms. The normalized spacial score (nSPS) is 20.4. The van der Waals surface area contributed by atoms with Gasteiger partial charge in [-0.15, -0.1) is 0 Å². The van der Waals surface area contributed by atoms with Gasteiger partial charge in [0.2, 0.25) is 5.91 Å². The highest BCUT2D eigenvalue weighted by atomic mass is 19.2. The van der Waals surface area contributed by atoms with Crippen molar-refractivity contribution in [1.29, 1.82) is 0 Å². The van der Waals surface area contributed by atoms with Crippen LogP contribution in [0.15, 0.2) is 18.2 Å². The van der Waals surface area contributed by atoms with Gasteiger partial charge in [-0.3, -0.25) is 4.79 Å². The summed E-state index contributed by atoms with van der Waals surface area (Å²) in [6.45, 7) is 3.51. The highest BCUT2D eigenvalue weighted by Gasteiger charge is 2.48. The fraction of sp³-hybridized carbons (Fsp3) is 0.462. The minimum atomic E-state index is -0.899. The lowest BCUT2D eigenvalue weighted by atomic mass is 9.74. The number of likely N-dealkylation sites (tertiary alicyclic amines) is 1. The molecule has 0 aromatic heterocycles. The zero-order valence-corrected chi connectivity index (χ0v) is 9.88. The summed E-state index contributed by atoms with van der Waals surface area (Å²) in [4.78, 5) is 13.7. The van der Waals surface area contributed by atoms with E-state index in [2.05, 4.69) is 5.32 Å². The third-order valence-electron chi connectivity index (χ3n) is 3.74. The van der Waals surface area contributed by atoms with E-state index in [1.54, 1.807) is 4.90 Å². The lowest BCUT2D eigenvalue weighted by molar-refractivity contribution is -0.146. The Morgan fingerprint density at radius 1 is 1.28 bits per heavy atom. The molecule has 2 aliphatic rings. The van der Waals surface area contributed by atoms with Gasteiger partial charge >= 0.3 is 0 Å². The van der Waals surface area contributed by atoms with Gasteiger partial charge in [-0.05, 0) is 17.7 Å². The smallest absolute Gasteiger partial charge is 0.227 e. The van der Waals surface area contributed by atoms with Crippen LogP contribution in [-0.4, -0.2) is 37.0 Å². The molecule has 1 amide bonds. The Balaban J connectivity index is 1.59. The maximum absolute atomic E-state index is 13.0. The topological polar surface area (TPSA) is 32.3 Å². The third kappa shape index (κ3) is 1.88. The molecule has 1 aromatic carbocycles. The third-order valence-corrected chi connectivity index (χ3v) is 3.74. The first-order valence-electron chi connectivity index (χ1n) is 6.00. The molecule has 1 aromatic rings. The van der Waals surface area contributed by atoms with Crippen molar-refractivity contribution in [1.82, 2.24) is 10.2 Å². The van der Waals surface area contributed by atoms with Crippen molar-refractivity contribution in [2.24, 2.45) is 5.41 Å². The molecule has 5 heteroatoms. The summed E-state index contributed by atoms with van der Waals surface area (Å²) in [5.74, 6) is -1.79. The number of rotatable bonds is 2. The fourth-order valence-electron chi connectivity index (χ4n) is 2.58. The molecule has 3 nitrogen and oxygen atoms in total. The molecule has 2 aliphatic heterocycles. The van der Waals surface area contributed by atoms with Crippen LogP contribution >= 0.6 is 0 Å². The predicted molar refractivity (Wildman–Crippen MR) is 61.9 cm³/mol. The largest absolute Gasteiger partial charge is 0.341 e. The van der Waals surface area contributed by atoms with Crippen molar-refractivity contribution in [2.45, 2.75) is 6.42 Å². The number of nitrogens with zero attached hydrogens (tertiary/aromatic N) is 1. The van der Waals surface area contributed by atoms with Crippen molar-refractivity contribution in [2.75, 3.05) is 26.2 Å². The maximum atomic E-state index is 13.0. The molecule has 0 radical (unpaired) electrons. The molecule has 2 saturated heterocycles. The van der Waals surface area contributed by atoms with Crippen LogP contribution in [0.1, 0.15) is 5.56 Å². The van der Waals surface area contributed by atoms with E-state index in [9.17, 15) is 13.6 Å². The van der Waals surface area contributed by atoms with Gasteiger partial charge < -0.3 is 10.2 Å². The van der Waals surface area contributed by atoms with Gasteiger partial charge in [-0.25, -0.2) is 8.78 Å². The first kappa shape index (κ1) is 11.6. The fourth-order valence-corrected chi connectivity index (χ4v) is 2.58. The maximum Gasteiger partial charge on any atom is 0.227 e. The van der Waals surface area contributed by atoms with Gasteiger partial charge in [0.25, 0.3) is 0 Å². The van der Waals surface area contributed by atoms with Gasteiger partial charge in [0.1, 0.15) is 0 Å². The van der Waals surface area contributed by atoms with Gasteiger partial charge in [0.15, 0.2) is 11.6 Å². The quantitative estimate of drug-likeness (QED) is 0.849. The Labute approximate surface area is 104 Å². The summed E-state index contributed by atoms with van der Waals surface area (Å²) < 4.78 is 25.8. The number of benzene rings is 1. The van der Waals surface area contributed by atoms with E-state index in [1.165, 1.54) is 6.07 Å². The Hall–Kier alpha value is -1.49. The second kappa shape index (κ2) is 4.02. The minimum absolute atomic E-state index is 0.0152. The summed E-state index contributed by atoms with van der Waals surface area (Å²) in [6, 6.07) is 3.61. The van der Waals surface area contributed by atoms with Crippen LogP contribution in [0.4, 0.5) is 8.78 Å². The van der Waals surface area contributed by atoms with E-state index < -0.39 is 11.6 Å². The zero-order chi connectivity index (χ0) is 12.8. The average Bonchev–Trinajstić information content (AvgIpc) is 2.19. The molecule has 0 unspecified atom stereocenters. The number of hydrogen-bond acceptors (Lipinski definition) is 2. The highest BCUT2D eigenvalue weighted by Crippen LogP contribution is 2.34. The van der Waals surface area contributed by atoms with Crippen LogP contribution in [0.25, 0.3) is 0 Å². The van der Waals surface area contributed by atoms with Gasteiger partial charge in [0, 0.05) is 31.6 Å². The number of carbonyl (C=O) groups is 1. The van der Waals surface area contributed by atoms with E-state index in [-0.39, 0.29) is 12.3 Å². The van der Waals surface area contributed by atoms with E-state index >= 15 is 0 Å². The number of nitrogens with one attached hydrogen (secondary N) is 1.